The number of aryl methyl sites for hydroxylation is 1. The number of hydrogen-bond donors (Lipinski definition) is 1. The van der Waals surface area contributed by atoms with Gasteiger partial charge in [0.05, 0.1) is 20.8 Å². The lowest BCUT2D eigenvalue weighted by Crippen LogP contribution is -2.33. The summed E-state index contributed by atoms with van der Waals surface area (Å²) in [6, 6.07) is 33.2. The zero-order valence-electron chi connectivity index (χ0n) is 70.8. The molecule has 6 heteroatoms. The molecule has 0 atom stereocenters. The topological polar surface area (TPSA) is 38.7 Å². The molecule has 101 heavy (non-hydrogen) atoms. The number of aliphatic hydroxyl groups is 1. The van der Waals surface area contributed by atoms with Crippen LogP contribution in [0.2, 0.25) is 0 Å². The van der Waals surface area contributed by atoms with Gasteiger partial charge in [0.25, 0.3) is 0 Å². The Hall–Kier alpha value is -3.83. The third-order valence-corrected chi connectivity index (χ3v) is 32.3. The average Bonchev–Trinajstić information content (AvgIpc) is 0.747. The second kappa shape index (κ2) is 36.2. The minimum atomic E-state index is -0.650. The van der Waals surface area contributed by atoms with E-state index in [1.165, 1.54) is 142 Å². The molecule has 6 aromatic carbocycles. The molecule has 0 saturated heterocycles. The van der Waals surface area contributed by atoms with E-state index in [2.05, 4.69) is 300 Å². The Bertz CT molecular complexity index is 3510. The van der Waals surface area contributed by atoms with E-state index >= 15 is 0 Å². The first kappa shape index (κ1) is 86.1. The second-order valence-corrected chi connectivity index (χ2v) is 47.5. The summed E-state index contributed by atoms with van der Waals surface area (Å²) in [6.45, 7) is 72.9. The number of aliphatic hydroxyl groups excluding tert-OH is 1. The van der Waals surface area contributed by atoms with Gasteiger partial charge in [0.1, 0.15) is 11.5 Å². The monoisotopic (exact) mass is 1430 g/mol. The van der Waals surface area contributed by atoms with Crippen molar-refractivity contribution in [1.29, 1.82) is 0 Å². The van der Waals surface area contributed by atoms with Crippen molar-refractivity contribution in [3.63, 3.8) is 0 Å². The summed E-state index contributed by atoms with van der Waals surface area (Å²) in [5.41, 5.74) is 26.0. The van der Waals surface area contributed by atoms with Crippen molar-refractivity contribution in [3.05, 3.63) is 146 Å². The highest BCUT2D eigenvalue weighted by Gasteiger charge is 2.43. The molecule has 3 nitrogen and oxygen atoms in total. The highest BCUT2D eigenvalue weighted by atomic mass is 31.1. The molecule has 1 N–H and O–H groups in total. The van der Waals surface area contributed by atoms with Crippen LogP contribution < -0.4 is 25.4 Å². The van der Waals surface area contributed by atoms with Crippen LogP contribution in [0, 0.1) is 6.92 Å². The van der Waals surface area contributed by atoms with Crippen LogP contribution in [0.15, 0.2) is 84.9 Å². The van der Waals surface area contributed by atoms with Gasteiger partial charge in [0, 0.05) is 10.6 Å². The Morgan fingerprint density at radius 2 is 0.663 bits per heavy atom. The molecule has 560 valence electrons. The SMILES string of the molecule is CC(C)c1cc(C(C)C)c(-c2ccccc2P(C2CCCCC2)C2CCCCC2)c(C(C)C)c1.COc1ccc(C)c(-c2c(C(C)C)cc(C(C)C)cc2C(C)C)c1P(C(C)(C)C)C(C)(C)C.COc1ccc(CO)c(-c2c(C(C)C)cc(C(C)C)cc2C(C)C)c1P(C(C)(C)C)C(C)(C)C. The second-order valence-electron chi connectivity index (χ2n) is 37.1. The van der Waals surface area contributed by atoms with E-state index in [9.17, 15) is 5.11 Å². The van der Waals surface area contributed by atoms with Gasteiger partial charge in [-0.05, 0) is 230 Å². The fourth-order valence-electron chi connectivity index (χ4n) is 17.2. The van der Waals surface area contributed by atoms with Crippen molar-refractivity contribution >= 4 is 39.7 Å². The van der Waals surface area contributed by atoms with Gasteiger partial charge in [-0.2, -0.15) is 0 Å². The molecule has 2 fully saturated rings. The molecule has 0 bridgehead atoms. The number of ether oxygens (including phenoxy) is 2. The van der Waals surface area contributed by atoms with E-state index in [1.54, 1.807) is 34.7 Å². The number of benzene rings is 6. The Balaban J connectivity index is 0.000000238. The summed E-state index contributed by atoms with van der Waals surface area (Å²) in [5, 5.41) is 15.5. The van der Waals surface area contributed by atoms with Gasteiger partial charge in [0.2, 0.25) is 0 Å². The highest BCUT2D eigenvalue weighted by Crippen LogP contribution is 2.64. The van der Waals surface area contributed by atoms with Crippen molar-refractivity contribution in [2.24, 2.45) is 0 Å². The van der Waals surface area contributed by atoms with E-state index in [4.69, 9.17) is 9.47 Å². The molecule has 0 aromatic heterocycles. The molecule has 0 amide bonds. The van der Waals surface area contributed by atoms with Gasteiger partial charge >= 0.3 is 0 Å². The van der Waals surface area contributed by atoms with Crippen molar-refractivity contribution in [1.82, 2.24) is 0 Å². The first-order valence-electron chi connectivity index (χ1n) is 40.0. The van der Waals surface area contributed by atoms with E-state index in [0.717, 1.165) is 28.4 Å². The maximum Gasteiger partial charge on any atom is 0.127 e. The van der Waals surface area contributed by atoms with Gasteiger partial charge in [-0.15, -0.1) is 0 Å². The Labute approximate surface area is 626 Å². The van der Waals surface area contributed by atoms with Crippen LogP contribution in [-0.2, 0) is 6.61 Å². The normalized spacial score (nSPS) is 14.9. The van der Waals surface area contributed by atoms with Crippen molar-refractivity contribution in [3.8, 4) is 44.9 Å². The molecular formula is C95H147O3P3. The minimum Gasteiger partial charge on any atom is -0.496 e. The maximum atomic E-state index is 10.6. The van der Waals surface area contributed by atoms with Crippen molar-refractivity contribution < 1.29 is 14.6 Å². The summed E-state index contributed by atoms with van der Waals surface area (Å²) < 4.78 is 12.2. The molecule has 0 heterocycles. The zero-order valence-corrected chi connectivity index (χ0v) is 73.5. The molecule has 2 aliphatic carbocycles. The Morgan fingerprint density at radius 1 is 0.366 bits per heavy atom. The van der Waals surface area contributed by atoms with Crippen LogP contribution in [0.25, 0.3) is 33.4 Å². The Morgan fingerprint density at radius 3 is 0.960 bits per heavy atom. The number of hydrogen-bond acceptors (Lipinski definition) is 3. The fourth-order valence-corrected chi connectivity index (χ4v) is 29.6. The lowest BCUT2D eigenvalue weighted by molar-refractivity contribution is 0.282. The molecule has 2 aliphatic rings. The molecule has 6 aromatic rings. The van der Waals surface area contributed by atoms with Crippen LogP contribution in [0.3, 0.4) is 0 Å². The maximum absolute atomic E-state index is 10.6. The third-order valence-electron chi connectivity index (χ3n) is 21.6. The van der Waals surface area contributed by atoms with E-state index in [-0.39, 0.29) is 35.2 Å². The lowest BCUT2D eigenvalue weighted by Gasteiger charge is -2.44. The van der Waals surface area contributed by atoms with Gasteiger partial charge in [0.15, 0.2) is 0 Å². The van der Waals surface area contributed by atoms with Gasteiger partial charge < -0.3 is 14.6 Å². The Kier molecular flexibility index (Phi) is 30.8. The smallest absolute Gasteiger partial charge is 0.127 e. The first-order valence-corrected chi connectivity index (χ1v) is 44.1. The van der Waals surface area contributed by atoms with Gasteiger partial charge in [-0.1, -0.05) is 343 Å². The molecule has 0 radical (unpaired) electrons. The first-order chi connectivity index (χ1) is 47.0. The van der Waals surface area contributed by atoms with Gasteiger partial charge in [-0.25, -0.2) is 0 Å². The third kappa shape index (κ3) is 20.7. The predicted octanol–water partition coefficient (Wildman–Crippen LogP) is 29.2. The summed E-state index contributed by atoms with van der Waals surface area (Å²) in [5.74, 6) is 6.25. The molecule has 0 spiro atoms. The fraction of sp³-hybridized carbons (Fsp3) is 0.621. The lowest BCUT2D eigenvalue weighted by atomic mass is 9.80. The summed E-state index contributed by atoms with van der Waals surface area (Å²) >= 11 is 0. The number of rotatable bonds is 20. The largest absolute Gasteiger partial charge is 0.496 e. The van der Waals surface area contributed by atoms with Gasteiger partial charge in [-0.3, -0.25) is 0 Å². The minimum absolute atomic E-state index is 0.0186. The number of methoxy groups -OCH3 is 2. The highest BCUT2D eigenvalue weighted by molar-refractivity contribution is 7.69. The van der Waals surface area contributed by atoms with E-state index < -0.39 is 15.8 Å². The molecule has 8 rings (SSSR count). The quantitative estimate of drug-likeness (QED) is 0.0774. The van der Waals surface area contributed by atoms with E-state index in [0.29, 0.717) is 53.3 Å². The summed E-state index contributed by atoms with van der Waals surface area (Å²) in [4.78, 5) is 0. The standard InChI is InChI=1S/C33H49P.C31H49O2P.C31H49OP/c1-23(2)26-21-30(24(3)4)33(31(22-26)25(5)6)29-19-13-14-20-32(29)34(27-15-9-7-10-16-27)28-17-11-8-12-18-28;1-19(2)23-16-24(20(3)4)28(25(17-23)21(5)6)27-22(18-32)14-15-26(33-13)29(27)34(30(7,8)9)31(10,11)12;1-19(2)23-17-24(20(3)4)28(25(18-23)21(5)6)27-22(7)15-16-26(32-14)29(27)33(30(8,9)10)31(11,12)13/h13-14,19-25,27-28H,7-12,15-18H2,1-6H3;14-17,19-21,32H,18H2,1-13H3;15-21H,1-14H3. The van der Waals surface area contributed by atoms with Crippen LogP contribution in [0.4, 0.5) is 0 Å². The molecule has 0 unspecified atom stereocenters. The molecule has 0 aliphatic heterocycles. The van der Waals surface area contributed by atoms with Crippen molar-refractivity contribution in [2.45, 2.75) is 371 Å². The predicted molar refractivity (Wildman–Crippen MR) is 459 cm³/mol. The van der Waals surface area contributed by atoms with Crippen LogP contribution in [-0.4, -0.2) is 51.3 Å². The van der Waals surface area contributed by atoms with E-state index in [1.807, 2.05) is 7.11 Å². The zero-order chi connectivity index (χ0) is 75.9. The molecular weight excluding hydrogens is 1280 g/mol. The van der Waals surface area contributed by atoms with Crippen molar-refractivity contribution in [2.75, 3.05) is 14.2 Å². The average molecular weight is 1430 g/mol. The summed E-state index contributed by atoms with van der Waals surface area (Å²) in [7, 11) is 2.32. The van der Waals surface area contributed by atoms with Crippen LogP contribution in [0.1, 0.15) is 386 Å². The van der Waals surface area contributed by atoms with Crippen LogP contribution in [0.5, 0.6) is 11.5 Å². The summed E-state index contributed by atoms with van der Waals surface area (Å²) in [6.07, 6.45) is 14.6. The van der Waals surface area contributed by atoms with Crippen LogP contribution >= 0.6 is 23.8 Å². The molecule has 2 saturated carbocycles.